The summed E-state index contributed by atoms with van der Waals surface area (Å²) in [6, 6.07) is 16.2. The summed E-state index contributed by atoms with van der Waals surface area (Å²) in [4.78, 5) is 175. The molecule has 0 aliphatic rings. The van der Waals surface area contributed by atoms with E-state index >= 15 is 0 Å². The van der Waals surface area contributed by atoms with Gasteiger partial charge < -0.3 is 78.4 Å². The van der Waals surface area contributed by atoms with Gasteiger partial charge in [0.2, 0.25) is 59.1 Å². The van der Waals surface area contributed by atoms with Crippen LogP contribution in [-0.4, -0.2) is 164 Å². The van der Waals surface area contributed by atoms with Gasteiger partial charge in [0, 0.05) is 37.8 Å². The number of esters is 2. The van der Waals surface area contributed by atoms with E-state index in [1.54, 1.807) is 67.5 Å². The molecule has 0 aliphatic heterocycles. The third kappa shape index (κ3) is 38.1. The lowest BCUT2D eigenvalue weighted by Crippen LogP contribution is -2.62. The Morgan fingerprint density at radius 1 is 0.353 bits per heavy atom. The number of benzene rings is 3. The predicted octanol–water partition coefficient (Wildman–Crippen LogP) is 8.74. The molecule has 0 aromatic heterocycles. The molecule has 28 heteroatoms. The molecule has 3 aromatic carbocycles. The number of amides is 11. The van der Waals surface area contributed by atoms with Gasteiger partial charge in [0.05, 0.1) is 26.3 Å². The fourth-order valence-electron chi connectivity index (χ4n) is 12.7. The Morgan fingerprint density at radius 3 is 1.02 bits per heavy atom. The van der Waals surface area contributed by atoms with Crippen molar-refractivity contribution in [2.45, 2.75) is 296 Å². The summed E-state index contributed by atoms with van der Waals surface area (Å²) in [6.45, 7) is 40.7. The van der Waals surface area contributed by atoms with Crippen LogP contribution in [0.1, 0.15) is 220 Å². The van der Waals surface area contributed by atoms with E-state index in [9.17, 15) is 62.3 Å². The molecule has 0 saturated heterocycles. The van der Waals surface area contributed by atoms with Gasteiger partial charge in [-0.2, -0.15) is 0 Å². The summed E-state index contributed by atoms with van der Waals surface area (Å²) in [5, 5.41) is 31.5. The first-order valence-corrected chi connectivity index (χ1v) is 41.1. The molecular weight excluding hydrogens is 1480 g/mol. The summed E-state index contributed by atoms with van der Waals surface area (Å²) in [7, 11) is 2.48. The standard InChI is InChI=1S/C48H74N6O9.C40H68N6O7/c1-13-32(8)41(44(58)53-40(31(6)7)46(60)62-12)52-39(56)27-36(51-47(61)63-28-34-22-18-15-19-23-34)35(26-33-20-16-14-17-21-33)50-45(59)42(48(9,10)11)54-43(57)37(24-29(2)3)49-38(55)25-30(4)5;1-13-26(8)34(37(50)45-33(25(6)7)39(52)53-12)44-32(48)22-28(41)29(21-27-17-15-14-16-18-27)43-38(51)35(40(9,10)11)46-36(49)30(19-23(2)3)42-31(47)20-24(4)5/h14-23,29-32,35-37,40-42H,13,24-28H2,1-12H3,(H,49,55)(H,50,59)(H,51,61)(H,52,56)(H,53,58)(H,54,57);14-18,23-26,28-30,33-35H,13,19-22,41H2,1-12H3,(H,42,47)(H,43,51)(H,44,48)(H,45,50)(H,46,49)/t32-,35-,36-,37-,40-,41-,42+;26-,28-,29-,30-,33-,34-,35+/m00/s1. The van der Waals surface area contributed by atoms with Gasteiger partial charge in [-0.15, -0.1) is 0 Å². The second kappa shape index (κ2) is 50.9. The van der Waals surface area contributed by atoms with E-state index in [4.69, 9.17) is 19.9 Å². The fraction of sp³-hybridized carbons (Fsp3) is 0.648. The zero-order valence-corrected chi connectivity index (χ0v) is 73.6. The van der Waals surface area contributed by atoms with Gasteiger partial charge in [0.15, 0.2) is 0 Å². The molecule has 13 N–H and O–H groups in total. The normalized spacial score (nSPS) is 15.2. The van der Waals surface area contributed by atoms with E-state index in [1.807, 2.05) is 176 Å². The Kier molecular flexibility index (Phi) is 45.0. The number of carbonyl (C=O) groups is 13. The first kappa shape index (κ1) is 103. The average Bonchev–Trinajstić information content (AvgIpc) is 0.824. The monoisotopic (exact) mass is 1620 g/mol. The van der Waals surface area contributed by atoms with Gasteiger partial charge in [-0.1, -0.05) is 256 Å². The highest BCUT2D eigenvalue weighted by Crippen LogP contribution is 2.25. The van der Waals surface area contributed by atoms with Crippen LogP contribution in [0.4, 0.5) is 4.79 Å². The maximum Gasteiger partial charge on any atom is 0.407 e. The van der Waals surface area contributed by atoms with Crippen LogP contribution >= 0.6 is 0 Å². The van der Waals surface area contributed by atoms with Gasteiger partial charge in [-0.05, 0) is 101 Å². The maximum atomic E-state index is 14.6. The van der Waals surface area contributed by atoms with E-state index in [1.165, 1.54) is 14.2 Å². The summed E-state index contributed by atoms with van der Waals surface area (Å²) in [5.41, 5.74) is 7.48. The zero-order valence-electron chi connectivity index (χ0n) is 73.6. The summed E-state index contributed by atoms with van der Waals surface area (Å²) in [6.07, 6.45) is 1.24. The van der Waals surface area contributed by atoms with Gasteiger partial charge in [0.25, 0.3) is 0 Å². The van der Waals surface area contributed by atoms with Crippen molar-refractivity contribution in [1.82, 2.24) is 58.5 Å². The zero-order chi connectivity index (χ0) is 88.1. The van der Waals surface area contributed by atoms with E-state index < -0.39 is 155 Å². The lowest BCUT2D eigenvalue weighted by molar-refractivity contribution is -0.147. The number of carbonyl (C=O) groups excluding carboxylic acids is 13. The lowest BCUT2D eigenvalue weighted by atomic mass is 9.85. The molecule has 650 valence electrons. The van der Waals surface area contributed by atoms with Crippen molar-refractivity contribution in [2.75, 3.05) is 14.2 Å². The highest BCUT2D eigenvalue weighted by atomic mass is 16.5. The quantitative estimate of drug-likeness (QED) is 0.0186. The Hall–Kier alpha value is -9.47. The average molecular weight is 1620 g/mol. The molecule has 11 amide bonds. The first-order chi connectivity index (χ1) is 54.2. The van der Waals surface area contributed by atoms with Crippen LogP contribution in [0.25, 0.3) is 0 Å². The molecule has 0 radical (unpaired) electrons. The molecule has 28 nitrogen and oxygen atoms in total. The van der Waals surface area contributed by atoms with Crippen LogP contribution in [0.3, 0.4) is 0 Å². The molecule has 116 heavy (non-hydrogen) atoms. The van der Waals surface area contributed by atoms with Crippen LogP contribution < -0.4 is 64.2 Å². The van der Waals surface area contributed by atoms with Gasteiger partial charge in [0.1, 0.15) is 54.9 Å². The van der Waals surface area contributed by atoms with Crippen LogP contribution in [0.2, 0.25) is 0 Å². The van der Waals surface area contributed by atoms with Crippen molar-refractivity contribution in [3.8, 4) is 0 Å². The van der Waals surface area contributed by atoms with Crippen molar-refractivity contribution in [2.24, 2.45) is 63.9 Å². The van der Waals surface area contributed by atoms with E-state index in [0.29, 0.717) is 25.7 Å². The highest BCUT2D eigenvalue weighted by molar-refractivity contribution is 5.95. The molecule has 3 rings (SSSR count). The minimum Gasteiger partial charge on any atom is -0.467 e. The summed E-state index contributed by atoms with van der Waals surface area (Å²) in [5.74, 6) is -6.85. The molecular formula is C88H142N12O16. The minimum atomic E-state index is -1.12. The molecule has 0 aliphatic carbocycles. The third-order valence-electron chi connectivity index (χ3n) is 19.8. The van der Waals surface area contributed by atoms with Crippen LogP contribution in [0.15, 0.2) is 91.0 Å². The maximum absolute atomic E-state index is 14.6. The molecule has 14 atom stereocenters. The van der Waals surface area contributed by atoms with E-state index in [-0.39, 0.29) is 97.9 Å². The van der Waals surface area contributed by atoms with Crippen molar-refractivity contribution in [1.29, 1.82) is 0 Å². The molecule has 3 aromatic rings. The number of nitrogens with two attached hydrogens (primary N) is 1. The highest BCUT2D eigenvalue weighted by Gasteiger charge is 2.42. The lowest BCUT2D eigenvalue weighted by Gasteiger charge is -2.35. The van der Waals surface area contributed by atoms with Crippen LogP contribution in [0, 0.1) is 58.2 Å². The second-order valence-corrected chi connectivity index (χ2v) is 35.2. The second-order valence-electron chi connectivity index (χ2n) is 35.2. The number of methoxy groups -OCH3 is 2. The number of rotatable bonds is 45. The molecule has 0 heterocycles. The molecule has 0 unspecified atom stereocenters. The van der Waals surface area contributed by atoms with E-state index in [2.05, 4.69) is 58.5 Å². The van der Waals surface area contributed by atoms with Crippen LogP contribution in [-0.2, 0) is 91.2 Å². The molecule has 0 spiro atoms. The number of hydrogen-bond donors (Lipinski definition) is 12. The Labute approximate surface area is 690 Å². The summed E-state index contributed by atoms with van der Waals surface area (Å²) >= 11 is 0. The van der Waals surface area contributed by atoms with Gasteiger partial charge in [-0.25, -0.2) is 14.4 Å². The predicted molar refractivity (Wildman–Crippen MR) is 450 cm³/mol. The number of nitrogens with one attached hydrogen (secondary N) is 11. The minimum absolute atomic E-state index is 0.0485. The van der Waals surface area contributed by atoms with Crippen molar-refractivity contribution >= 4 is 77.1 Å². The van der Waals surface area contributed by atoms with Gasteiger partial charge in [-0.3, -0.25) is 47.9 Å². The topological polar surface area (TPSA) is 408 Å². The van der Waals surface area contributed by atoms with Gasteiger partial charge >= 0.3 is 18.0 Å². The van der Waals surface area contributed by atoms with Crippen LogP contribution in [0.5, 0.6) is 0 Å². The smallest absolute Gasteiger partial charge is 0.407 e. The first-order valence-electron chi connectivity index (χ1n) is 41.1. The number of alkyl carbamates (subject to hydrolysis) is 1. The number of hydrogen-bond acceptors (Lipinski definition) is 17. The van der Waals surface area contributed by atoms with Crippen molar-refractivity contribution in [3.05, 3.63) is 108 Å². The molecule has 0 saturated carbocycles. The molecule has 0 bridgehead atoms. The van der Waals surface area contributed by atoms with Crippen molar-refractivity contribution < 1.29 is 76.5 Å². The SMILES string of the molecule is CC[C@H](C)[C@H](NC(=O)C[C@H](N)[C@H](Cc1ccccc1)NC(=O)[C@@H](NC(=O)[C@H](CC(C)C)NC(=O)CC(C)C)C(C)(C)C)C(=O)N[C@H](C(=O)OC)C(C)C.CC[C@H](C)[C@H](NC(=O)C[C@H](NC(=O)OCc1ccccc1)[C@H](Cc1ccccc1)NC(=O)[C@@H](NC(=O)[C@H](CC(C)C)NC(=O)CC(C)C)C(C)(C)C)C(=O)N[C@H](C(=O)OC)C(C)C. The molecule has 0 fully saturated rings. The third-order valence-corrected chi connectivity index (χ3v) is 19.8. The van der Waals surface area contributed by atoms with E-state index in [0.717, 1.165) is 16.7 Å². The Morgan fingerprint density at radius 2 is 0.690 bits per heavy atom. The summed E-state index contributed by atoms with van der Waals surface area (Å²) < 4.78 is 15.4. The Bertz CT molecular complexity index is 3580. The van der Waals surface area contributed by atoms with Crippen molar-refractivity contribution in [3.63, 3.8) is 0 Å². The number of ether oxygens (including phenoxy) is 3. The fourth-order valence-corrected chi connectivity index (χ4v) is 12.7. The largest absolute Gasteiger partial charge is 0.467 e. The Balaban J connectivity index is 0.000000799.